The SMILES string of the molecule is CC(C)N1CCOc2c(F)cc(-c3nc(Cc4ccc(N5CCNC(=O)C5)cn4)ncc3F)cc21. The van der Waals surface area contributed by atoms with Crippen molar-refractivity contribution in [3.05, 3.63) is 59.8 Å². The summed E-state index contributed by atoms with van der Waals surface area (Å²) in [7, 11) is 0. The van der Waals surface area contributed by atoms with E-state index < -0.39 is 11.6 Å². The van der Waals surface area contributed by atoms with Gasteiger partial charge in [-0.05, 0) is 38.1 Å². The van der Waals surface area contributed by atoms with Gasteiger partial charge in [0.15, 0.2) is 17.4 Å². The number of ether oxygens (including phenoxy) is 1. The minimum Gasteiger partial charge on any atom is -0.486 e. The lowest BCUT2D eigenvalue weighted by Gasteiger charge is -2.34. The van der Waals surface area contributed by atoms with Crippen LogP contribution in [0.15, 0.2) is 36.7 Å². The van der Waals surface area contributed by atoms with Crippen molar-refractivity contribution >= 4 is 17.3 Å². The maximum absolute atomic E-state index is 14.9. The molecule has 1 amide bonds. The molecule has 1 N–H and O–H groups in total. The number of pyridine rings is 1. The highest BCUT2D eigenvalue weighted by Gasteiger charge is 2.26. The summed E-state index contributed by atoms with van der Waals surface area (Å²) < 4.78 is 35.2. The van der Waals surface area contributed by atoms with E-state index in [9.17, 15) is 13.6 Å². The fourth-order valence-electron chi connectivity index (χ4n) is 4.40. The fourth-order valence-corrected chi connectivity index (χ4v) is 4.40. The van der Waals surface area contributed by atoms with Crippen LogP contribution in [0.1, 0.15) is 25.4 Å². The van der Waals surface area contributed by atoms with Crippen LogP contribution in [0.25, 0.3) is 11.3 Å². The molecular weight excluding hydrogens is 454 g/mol. The molecule has 8 nitrogen and oxygen atoms in total. The van der Waals surface area contributed by atoms with E-state index in [2.05, 4.69) is 20.3 Å². The van der Waals surface area contributed by atoms with Crippen molar-refractivity contribution in [2.24, 2.45) is 0 Å². The van der Waals surface area contributed by atoms with Crippen molar-refractivity contribution < 1.29 is 18.3 Å². The number of aromatic nitrogens is 3. The first kappa shape index (κ1) is 22.9. The molecule has 0 aliphatic carbocycles. The van der Waals surface area contributed by atoms with Gasteiger partial charge < -0.3 is 19.9 Å². The summed E-state index contributed by atoms with van der Waals surface area (Å²) in [5, 5.41) is 2.80. The van der Waals surface area contributed by atoms with E-state index in [4.69, 9.17) is 4.74 Å². The van der Waals surface area contributed by atoms with E-state index in [1.54, 1.807) is 12.3 Å². The number of benzene rings is 1. The predicted molar refractivity (Wildman–Crippen MR) is 128 cm³/mol. The fraction of sp³-hybridized carbons (Fsp3) is 0.360. The Bertz CT molecular complexity index is 1250. The zero-order valence-corrected chi connectivity index (χ0v) is 19.6. The Labute approximate surface area is 202 Å². The highest BCUT2D eigenvalue weighted by Crippen LogP contribution is 2.39. The Morgan fingerprint density at radius 2 is 1.97 bits per heavy atom. The van der Waals surface area contributed by atoms with Crippen LogP contribution in [-0.4, -0.2) is 59.7 Å². The van der Waals surface area contributed by atoms with Gasteiger partial charge >= 0.3 is 0 Å². The summed E-state index contributed by atoms with van der Waals surface area (Å²) in [6, 6.07) is 6.83. The number of nitrogens with zero attached hydrogens (tertiary/aromatic N) is 5. The highest BCUT2D eigenvalue weighted by molar-refractivity contribution is 5.82. The van der Waals surface area contributed by atoms with E-state index in [0.717, 1.165) is 11.9 Å². The number of carbonyl (C=O) groups excluding carboxylic acids is 1. The molecule has 1 saturated heterocycles. The Kier molecular flexibility index (Phi) is 6.19. The third kappa shape index (κ3) is 4.73. The smallest absolute Gasteiger partial charge is 0.239 e. The van der Waals surface area contributed by atoms with Gasteiger partial charge in [-0.1, -0.05) is 0 Å². The maximum atomic E-state index is 14.9. The van der Waals surface area contributed by atoms with Crippen molar-refractivity contribution in [3.63, 3.8) is 0 Å². The second kappa shape index (κ2) is 9.44. The average molecular weight is 481 g/mol. The van der Waals surface area contributed by atoms with Crippen molar-refractivity contribution in [2.45, 2.75) is 26.3 Å². The number of rotatable bonds is 5. The van der Waals surface area contributed by atoms with Crippen molar-refractivity contribution in [2.75, 3.05) is 42.6 Å². The van der Waals surface area contributed by atoms with Crippen LogP contribution in [0.3, 0.4) is 0 Å². The minimum absolute atomic E-state index is 0.0192. The van der Waals surface area contributed by atoms with Crippen molar-refractivity contribution in [3.8, 4) is 17.0 Å². The minimum atomic E-state index is -0.632. The Balaban J connectivity index is 1.40. The molecule has 35 heavy (non-hydrogen) atoms. The molecule has 182 valence electrons. The van der Waals surface area contributed by atoms with E-state index in [1.165, 1.54) is 6.07 Å². The summed E-state index contributed by atoms with van der Waals surface area (Å²) in [6.45, 7) is 6.65. The first-order valence-electron chi connectivity index (χ1n) is 11.6. The Morgan fingerprint density at radius 3 is 2.71 bits per heavy atom. The van der Waals surface area contributed by atoms with Gasteiger partial charge in [-0.15, -0.1) is 0 Å². The number of nitrogens with one attached hydrogen (secondary N) is 1. The largest absolute Gasteiger partial charge is 0.486 e. The lowest BCUT2D eigenvalue weighted by atomic mass is 10.1. The molecule has 3 aromatic rings. The van der Waals surface area contributed by atoms with Gasteiger partial charge in [-0.2, -0.15) is 0 Å². The summed E-state index contributed by atoms with van der Waals surface area (Å²) in [5.74, 6) is -0.652. The molecule has 0 saturated carbocycles. The van der Waals surface area contributed by atoms with Gasteiger partial charge in [0.25, 0.3) is 0 Å². The van der Waals surface area contributed by atoms with Gasteiger partial charge in [0.1, 0.15) is 18.1 Å². The number of hydrogen-bond donors (Lipinski definition) is 1. The topological polar surface area (TPSA) is 83.5 Å². The van der Waals surface area contributed by atoms with Crippen LogP contribution in [0.4, 0.5) is 20.2 Å². The van der Waals surface area contributed by atoms with E-state index in [1.807, 2.05) is 35.8 Å². The molecule has 0 spiro atoms. The molecule has 1 fully saturated rings. The number of halogens is 2. The number of fused-ring (bicyclic) bond motifs is 1. The van der Waals surface area contributed by atoms with Crippen LogP contribution in [0, 0.1) is 11.6 Å². The van der Waals surface area contributed by atoms with Crippen molar-refractivity contribution in [1.82, 2.24) is 20.3 Å². The van der Waals surface area contributed by atoms with Gasteiger partial charge in [0.05, 0.1) is 43.3 Å². The lowest BCUT2D eigenvalue weighted by Crippen LogP contribution is -2.47. The van der Waals surface area contributed by atoms with E-state index >= 15 is 0 Å². The number of hydrogen-bond acceptors (Lipinski definition) is 7. The molecule has 2 aliphatic heterocycles. The lowest BCUT2D eigenvalue weighted by molar-refractivity contribution is -0.120. The van der Waals surface area contributed by atoms with Crippen LogP contribution < -0.4 is 19.9 Å². The zero-order valence-electron chi connectivity index (χ0n) is 19.6. The summed E-state index contributed by atoms with van der Waals surface area (Å²) in [4.78, 5) is 28.6. The number of amides is 1. The average Bonchev–Trinajstić information content (AvgIpc) is 2.85. The van der Waals surface area contributed by atoms with E-state index in [0.29, 0.717) is 55.6 Å². The van der Waals surface area contributed by atoms with Crippen LogP contribution in [0.5, 0.6) is 5.75 Å². The molecule has 2 aliphatic rings. The molecule has 0 unspecified atom stereocenters. The quantitative estimate of drug-likeness (QED) is 0.601. The Morgan fingerprint density at radius 1 is 1.11 bits per heavy atom. The molecule has 10 heteroatoms. The van der Waals surface area contributed by atoms with Gasteiger partial charge in [-0.3, -0.25) is 9.78 Å². The van der Waals surface area contributed by atoms with E-state index in [-0.39, 0.29) is 29.8 Å². The van der Waals surface area contributed by atoms with Crippen LogP contribution >= 0.6 is 0 Å². The monoisotopic (exact) mass is 480 g/mol. The third-order valence-electron chi connectivity index (χ3n) is 6.15. The molecule has 5 rings (SSSR count). The van der Waals surface area contributed by atoms with Crippen LogP contribution in [-0.2, 0) is 11.2 Å². The third-order valence-corrected chi connectivity index (χ3v) is 6.15. The molecule has 1 aromatic carbocycles. The normalized spacial score (nSPS) is 15.6. The standard InChI is InChI=1S/C25H26F2N6O2/c1-15(2)33-7-8-35-25-19(26)9-16(10-21(25)33)24-20(27)13-30-22(31-24)11-17-3-4-18(12-29-17)32-6-5-28-23(34)14-32/h3-4,9-10,12-13,15H,5-8,11,14H2,1-2H3,(H,28,34). The highest BCUT2D eigenvalue weighted by atomic mass is 19.1. The second-order valence-electron chi connectivity index (χ2n) is 8.88. The molecular formula is C25H26F2N6O2. The summed E-state index contributed by atoms with van der Waals surface area (Å²) in [5.41, 5.74) is 2.49. The first-order chi connectivity index (χ1) is 16.9. The molecule has 0 radical (unpaired) electrons. The van der Waals surface area contributed by atoms with Crippen molar-refractivity contribution in [1.29, 1.82) is 0 Å². The number of anilines is 2. The van der Waals surface area contributed by atoms with Gasteiger partial charge in [0, 0.05) is 30.4 Å². The number of piperazine rings is 1. The molecule has 0 atom stereocenters. The summed E-state index contributed by atoms with van der Waals surface area (Å²) >= 11 is 0. The zero-order chi connectivity index (χ0) is 24.5. The predicted octanol–water partition coefficient (Wildman–Crippen LogP) is 2.95. The molecule has 4 heterocycles. The second-order valence-corrected chi connectivity index (χ2v) is 8.88. The first-order valence-corrected chi connectivity index (χ1v) is 11.6. The van der Waals surface area contributed by atoms with Crippen LogP contribution in [0.2, 0.25) is 0 Å². The maximum Gasteiger partial charge on any atom is 0.239 e. The number of carbonyl (C=O) groups is 1. The van der Waals surface area contributed by atoms with Gasteiger partial charge in [0.2, 0.25) is 5.91 Å². The van der Waals surface area contributed by atoms with Gasteiger partial charge in [-0.25, -0.2) is 18.7 Å². The molecule has 2 aromatic heterocycles. The Hall–Kier alpha value is -3.82. The molecule has 0 bridgehead atoms. The summed E-state index contributed by atoms with van der Waals surface area (Å²) in [6.07, 6.45) is 3.09.